The third kappa shape index (κ3) is 2.96. The molecule has 0 radical (unpaired) electrons. The molecule has 2 aromatic rings. The maximum Gasteiger partial charge on any atom is 0.426 e. The average molecular weight is 311 g/mol. The van der Waals surface area contributed by atoms with Crippen LogP contribution in [0.2, 0.25) is 0 Å². The van der Waals surface area contributed by atoms with Gasteiger partial charge in [-0.05, 0) is 22.3 Å². The Morgan fingerprint density at radius 3 is 2.09 bits per heavy atom. The Labute approximate surface area is 133 Å². The van der Waals surface area contributed by atoms with Crippen LogP contribution < -0.4 is 16.2 Å². The Hall–Kier alpha value is -3.02. The van der Waals surface area contributed by atoms with Crippen LogP contribution in [-0.2, 0) is 4.74 Å². The molecule has 118 valence electrons. The molecule has 0 aliphatic heterocycles. The van der Waals surface area contributed by atoms with E-state index in [-0.39, 0.29) is 12.5 Å². The van der Waals surface area contributed by atoms with Gasteiger partial charge in [-0.15, -0.1) is 0 Å². The second-order valence-electron chi connectivity index (χ2n) is 5.15. The van der Waals surface area contributed by atoms with Gasteiger partial charge in [0, 0.05) is 13.0 Å². The van der Waals surface area contributed by atoms with Crippen molar-refractivity contribution in [2.75, 3.05) is 13.7 Å². The maximum absolute atomic E-state index is 11.7. The molecule has 0 aromatic heterocycles. The van der Waals surface area contributed by atoms with Crippen molar-refractivity contribution in [3.8, 4) is 11.1 Å². The number of hydrogen-bond acceptors (Lipinski definition) is 3. The molecule has 0 unspecified atom stereocenters. The summed E-state index contributed by atoms with van der Waals surface area (Å²) in [6, 6.07) is 15.7. The van der Waals surface area contributed by atoms with Crippen molar-refractivity contribution in [2.24, 2.45) is 0 Å². The third-order valence-corrected chi connectivity index (χ3v) is 3.85. The Kier molecular flexibility index (Phi) is 4.14. The summed E-state index contributed by atoms with van der Waals surface area (Å²) in [7, 11) is 1.45. The van der Waals surface area contributed by atoms with E-state index in [2.05, 4.69) is 28.3 Å². The van der Waals surface area contributed by atoms with Crippen LogP contribution in [0.25, 0.3) is 11.1 Å². The van der Waals surface area contributed by atoms with Crippen LogP contribution in [0.1, 0.15) is 17.0 Å². The van der Waals surface area contributed by atoms with Crippen molar-refractivity contribution >= 4 is 12.1 Å². The summed E-state index contributed by atoms with van der Waals surface area (Å²) in [5, 5.41) is 2.32. The number of carbonyl (C=O) groups excluding carboxylic acids is 2. The first-order valence-electron chi connectivity index (χ1n) is 7.29. The van der Waals surface area contributed by atoms with E-state index in [0.717, 1.165) is 11.1 Å². The summed E-state index contributed by atoms with van der Waals surface area (Å²) in [6.07, 6.45) is -0.699. The number of ether oxygens (including phenoxy) is 1. The van der Waals surface area contributed by atoms with Crippen molar-refractivity contribution in [3.05, 3.63) is 59.7 Å². The minimum Gasteiger partial charge on any atom is -0.447 e. The molecule has 0 bridgehead atoms. The second-order valence-corrected chi connectivity index (χ2v) is 5.15. The number of hydrogen-bond donors (Lipinski definition) is 3. The molecule has 0 spiro atoms. The van der Waals surface area contributed by atoms with E-state index in [4.69, 9.17) is 4.74 Å². The van der Waals surface area contributed by atoms with Gasteiger partial charge in [-0.2, -0.15) is 0 Å². The highest BCUT2D eigenvalue weighted by Crippen LogP contribution is 2.44. The Morgan fingerprint density at radius 1 is 0.957 bits per heavy atom. The van der Waals surface area contributed by atoms with Gasteiger partial charge in [-0.1, -0.05) is 48.5 Å². The van der Waals surface area contributed by atoms with E-state index in [0.29, 0.717) is 0 Å². The molecule has 6 heteroatoms. The summed E-state index contributed by atoms with van der Waals surface area (Å²) >= 11 is 0. The molecule has 3 rings (SSSR count). The monoisotopic (exact) mass is 311 g/mol. The summed E-state index contributed by atoms with van der Waals surface area (Å²) in [5.41, 5.74) is 8.97. The van der Waals surface area contributed by atoms with Gasteiger partial charge in [-0.25, -0.2) is 20.4 Å². The lowest BCUT2D eigenvalue weighted by molar-refractivity contribution is 0.138. The number of carbonyl (C=O) groups is 2. The van der Waals surface area contributed by atoms with E-state index >= 15 is 0 Å². The lowest BCUT2D eigenvalue weighted by Gasteiger charge is -2.14. The SMILES string of the molecule is CNC(=O)NNC(=O)OCC1c2ccccc2-c2ccccc21. The summed E-state index contributed by atoms with van der Waals surface area (Å²) in [5.74, 6) is -0.00634. The van der Waals surface area contributed by atoms with Crippen LogP contribution in [-0.4, -0.2) is 25.8 Å². The summed E-state index contributed by atoms with van der Waals surface area (Å²) in [4.78, 5) is 22.7. The van der Waals surface area contributed by atoms with Crippen LogP contribution in [0.5, 0.6) is 0 Å². The van der Waals surface area contributed by atoms with Gasteiger partial charge in [0.05, 0.1) is 0 Å². The fraction of sp³-hybridized carbons (Fsp3) is 0.176. The number of nitrogens with one attached hydrogen (secondary N) is 3. The molecule has 0 saturated carbocycles. The molecule has 1 aliphatic carbocycles. The molecule has 2 aromatic carbocycles. The van der Waals surface area contributed by atoms with Crippen LogP contribution in [0.3, 0.4) is 0 Å². The zero-order valence-electron chi connectivity index (χ0n) is 12.6. The average Bonchev–Trinajstić information content (AvgIpc) is 2.92. The van der Waals surface area contributed by atoms with Crippen LogP contribution in [0, 0.1) is 0 Å². The highest BCUT2D eigenvalue weighted by atomic mass is 16.6. The molecular formula is C17H17N3O3. The standard InChI is InChI=1S/C17H17N3O3/c1-18-16(21)19-20-17(22)23-10-15-13-8-4-2-6-11(13)12-7-3-5-9-14(12)15/h2-9,15H,10H2,1H3,(H,20,22)(H2,18,19,21). The van der Waals surface area contributed by atoms with Crippen LogP contribution in [0.4, 0.5) is 9.59 Å². The van der Waals surface area contributed by atoms with E-state index in [9.17, 15) is 9.59 Å². The molecule has 6 nitrogen and oxygen atoms in total. The van der Waals surface area contributed by atoms with Gasteiger partial charge in [-0.3, -0.25) is 0 Å². The summed E-state index contributed by atoms with van der Waals surface area (Å²) in [6.45, 7) is 0.204. The molecule has 0 saturated heterocycles. The molecule has 3 amide bonds. The smallest absolute Gasteiger partial charge is 0.426 e. The van der Waals surface area contributed by atoms with E-state index in [1.807, 2.05) is 36.4 Å². The van der Waals surface area contributed by atoms with Gasteiger partial charge in [0.1, 0.15) is 6.61 Å². The Bertz CT molecular complexity index is 700. The fourth-order valence-electron chi connectivity index (χ4n) is 2.80. The summed E-state index contributed by atoms with van der Waals surface area (Å²) < 4.78 is 5.24. The van der Waals surface area contributed by atoms with Crippen LogP contribution >= 0.6 is 0 Å². The molecule has 0 heterocycles. The number of rotatable bonds is 2. The lowest BCUT2D eigenvalue weighted by Crippen LogP contribution is -2.46. The number of urea groups is 1. The highest BCUT2D eigenvalue weighted by Gasteiger charge is 2.28. The van der Waals surface area contributed by atoms with Gasteiger partial charge in [0.2, 0.25) is 0 Å². The largest absolute Gasteiger partial charge is 0.447 e. The second kappa shape index (κ2) is 6.39. The van der Waals surface area contributed by atoms with Crippen molar-refractivity contribution in [1.82, 2.24) is 16.2 Å². The Morgan fingerprint density at radius 2 is 1.52 bits per heavy atom. The zero-order valence-corrected chi connectivity index (χ0v) is 12.6. The molecular weight excluding hydrogens is 294 g/mol. The maximum atomic E-state index is 11.7. The number of hydrazine groups is 1. The predicted molar refractivity (Wildman–Crippen MR) is 85.8 cm³/mol. The molecule has 1 aliphatic rings. The van der Waals surface area contributed by atoms with E-state index < -0.39 is 12.1 Å². The van der Waals surface area contributed by atoms with E-state index in [1.165, 1.54) is 18.2 Å². The van der Waals surface area contributed by atoms with E-state index in [1.54, 1.807) is 0 Å². The predicted octanol–water partition coefficient (Wildman–Crippen LogP) is 2.37. The topological polar surface area (TPSA) is 79.5 Å². The minimum atomic E-state index is -0.699. The van der Waals surface area contributed by atoms with Crippen molar-refractivity contribution in [3.63, 3.8) is 0 Å². The molecule has 0 atom stereocenters. The first kappa shape index (κ1) is 14.9. The molecule has 0 fully saturated rings. The number of fused-ring (bicyclic) bond motifs is 3. The Balaban J connectivity index is 1.71. The van der Waals surface area contributed by atoms with Gasteiger partial charge < -0.3 is 10.1 Å². The fourth-order valence-corrected chi connectivity index (χ4v) is 2.80. The third-order valence-electron chi connectivity index (χ3n) is 3.85. The zero-order chi connectivity index (χ0) is 16.2. The first-order valence-corrected chi connectivity index (χ1v) is 7.29. The van der Waals surface area contributed by atoms with Crippen molar-refractivity contribution < 1.29 is 14.3 Å². The quantitative estimate of drug-likeness (QED) is 0.745. The lowest BCUT2D eigenvalue weighted by atomic mass is 9.98. The normalized spacial score (nSPS) is 12.0. The van der Waals surface area contributed by atoms with Crippen molar-refractivity contribution in [2.45, 2.75) is 5.92 Å². The van der Waals surface area contributed by atoms with Gasteiger partial charge in [0.25, 0.3) is 0 Å². The molecule has 23 heavy (non-hydrogen) atoms. The van der Waals surface area contributed by atoms with Gasteiger partial charge in [0.15, 0.2) is 0 Å². The number of benzene rings is 2. The minimum absolute atomic E-state index is 0.00634. The van der Waals surface area contributed by atoms with Crippen molar-refractivity contribution in [1.29, 1.82) is 0 Å². The highest BCUT2D eigenvalue weighted by molar-refractivity contribution is 5.79. The van der Waals surface area contributed by atoms with Crippen LogP contribution in [0.15, 0.2) is 48.5 Å². The van der Waals surface area contributed by atoms with Gasteiger partial charge >= 0.3 is 12.1 Å². The number of amides is 3. The first-order chi connectivity index (χ1) is 11.2. The molecule has 3 N–H and O–H groups in total.